The van der Waals surface area contributed by atoms with Gasteiger partial charge in [0.25, 0.3) is 0 Å². The molecule has 0 aliphatic rings. The van der Waals surface area contributed by atoms with Crippen LogP contribution in [0.2, 0.25) is 0 Å². The third kappa shape index (κ3) is 8.41. The normalized spacial score (nSPS) is 12.0. The lowest BCUT2D eigenvalue weighted by Gasteiger charge is -2.34. The summed E-state index contributed by atoms with van der Waals surface area (Å²) < 4.78 is 28.0. The molecule has 0 saturated carbocycles. The van der Waals surface area contributed by atoms with Crippen molar-refractivity contribution in [3.63, 3.8) is 0 Å². The molecule has 0 unspecified atom stereocenters. The van der Waals surface area contributed by atoms with Crippen molar-refractivity contribution in [2.75, 3.05) is 23.7 Å². The number of rotatable bonds is 12. The second-order valence-corrected chi connectivity index (χ2v) is 12.5. The van der Waals surface area contributed by atoms with Gasteiger partial charge in [0.05, 0.1) is 11.9 Å². The molecular weight excluding hydrogens is 578 g/mol. The lowest BCUT2D eigenvalue weighted by molar-refractivity contribution is -0.140. The highest BCUT2D eigenvalue weighted by Crippen LogP contribution is 2.27. The number of anilines is 1. The van der Waals surface area contributed by atoms with Gasteiger partial charge in [-0.1, -0.05) is 83.5 Å². The first-order chi connectivity index (χ1) is 18.5. The monoisotopic (exact) mass is 613 g/mol. The minimum Gasteiger partial charge on any atom is -0.354 e. The van der Waals surface area contributed by atoms with Gasteiger partial charge in [-0.2, -0.15) is 0 Å². The van der Waals surface area contributed by atoms with E-state index in [1.807, 2.05) is 93.6 Å². The molecule has 3 aromatic rings. The Bertz CT molecular complexity index is 1360. The Morgan fingerprint density at radius 2 is 1.51 bits per heavy atom. The summed E-state index contributed by atoms with van der Waals surface area (Å²) in [5, 5.41) is 2.94. The first-order valence-electron chi connectivity index (χ1n) is 12.9. The van der Waals surface area contributed by atoms with Crippen LogP contribution >= 0.6 is 15.9 Å². The minimum absolute atomic E-state index is 0.146. The molecule has 3 rings (SSSR count). The molecule has 9 heteroatoms. The summed E-state index contributed by atoms with van der Waals surface area (Å²) in [7, 11) is -3.81. The second kappa shape index (κ2) is 13.8. The van der Waals surface area contributed by atoms with Gasteiger partial charge in [-0.05, 0) is 54.7 Å². The van der Waals surface area contributed by atoms with E-state index in [9.17, 15) is 18.0 Å². The molecule has 0 aliphatic carbocycles. The summed E-state index contributed by atoms with van der Waals surface area (Å²) in [6, 6.07) is 21.7. The Balaban J connectivity index is 2.07. The highest BCUT2D eigenvalue weighted by molar-refractivity contribution is 9.10. The number of carbonyl (C=O) groups excluding carboxylic acids is 2. The van der Waals surface area contributed by atoms with Crippen molar-refractivity contribution in [1.29, 1.82) is 0 Å². The number of para-hydroxylation sites is 1. The molecule has 1 atom stereocenters. The second-order valence-electron chi connectivity index (χ2n) is 9.65. The molecule has 0 radical (unpaired) electrons. The zero-order chi connectivity index (χ0) is 28.6. The number of nitrogens with zero attached hydrogens (tertiary/aromatic N) is 2. The summed E-state index contributed by atoms with van der Waals surface area (Å²) in [5.74, 6) is -0.734. The van der Waals surface area contributed by atoms with Gasteiger partial charge in [-0.25, -0.2) is 8.42 Å². The Hall–Kier alpha value is -3.17. The molecule has 208 valence electrons. The number of sulfonamides is 1. The molecule has 0 bridgehead atoms. The number of halogens is 1. The van der Waals surface area contributed by atoms with Crippen molar-refractivity contribution in [3.05, 3.63) is 99.5 Å². The van der Waals surface area contributed by atoms with Crippen molar-refractivity contribution >= 4 is 43.5 Å². The number of nitrogens with one attached hydrogen (secondary N) is 1. The molecule has 0 aromatic heterocycles. The summed E-state index contributed by atoms with van der Waals surface area (Å²) in [4.78, 5) is 29.1. The van der Waals surface area contributed by atoms with E-state index in [4.69, 9.17) is 0 Å². The van der Waals surface area contributed by atoms with Crippen molar-refractivity contribution in [3.8, 4) is 0 Å². The van der Waals surface area contributed by atoms with Crippen LogP contribution in [0, 0.1) is 13.8 Å². The molecule has 7 nitrogen and oxygen atoms in total. The standard InChI is InChI=1S/C30H36BrN3O4S/c1-5-18-32-30(36)27(19-24-12-7-6-8-13-24)33(20-25-14-16-26(31)17-15-25)28(35)21-34(39(4,37)38)29-22(2)10-9-11-23(29)3/h6-17,27H,5,18-21H2,1-4H3,(H,32,36)/t27-/m0/s1. The van der Waals surface area contributed by atoms with E-state index in [0.29, 0.717) is 18.7 Å². The number of carbonyl (C=O) groups is 2. The summed E-state index contributed by atoms with van der Waals surface area (Å²) in [6.45, 7) is 5.80. The smallest absolute Gasteiger partial charge is 0.244 e. The van der Waals surface area contributed by atoms with Gasteiger partial charge in [0.2, 0.25) is 21.8 Å². The summed E-state index contributed by atoms with van der Waals surface area (Å²) in [6.07, 6.45) is 2.14. The van der Waals surface area contributed by atoms with Crippen LogP contribution in [-0.2, 0) is 32.6 Å². The third-order valence-corrected chi connectivity index (χ3v) is 8.10. The fourth-order valence-electron chi connectivity index (χ4n) is 4.48. The Kier molecular flexibility index (Phi) is 10.7. The zero-order valence-corrected chi connectivity index (χ0v) is 25.3. The third-order valence-electron chi connectivity index (χ3n) is 6.45. The number of benzene rings is 3. The Morgan fingerprint density at radius 3 is 2.08 bits per heavy atom. The Labute approximate surface area is 240 Å². The van der Waals surface area contributed by atoms with Gasteiger partial charge in [0.1, 0.15) is 12.6 Å². The first kappa shape index (κ1) is 30.4. The Morgan fingerprint density at radius 1 is 0.897 bits per heavy atom. The average Bonchev–Trinajstić information content (AvgIpc) is 2.89. The fourth-order valence-corrected chi connectivity index (χ4v) is 5.71. The van der Waals surface area contributed by atoms with Gasteiger partial charge in [0, 0.05) is 24.0 Å². The van der Waals surface area contributed by atoms with E-state index < -0.39 is 28.5 Å². The molecule has 0 spiro atoms. The van der Waals surface area contributed by atoms with E-state index in [-0.39, 0.29) is 12.5 Å². The SMILES string of the molecule is CCCNC(=O)[C@H](Cc1ccccc1)N(Cc1ccc(Br)cc1)C(=O)CN(c1c(C)cccc1C)S(C)(=O)=O. The van der Waals surface area contributed by atoms with Crippen molar-refractivity contribution in [2.24, 2.45) is 0 Å². The van der Waals surface area contributed by atoms with Gasteiger partial charge in [-0.15, -0.1) is 0 Å². The molecule has 3 aromatic carbocycles. The number of aryl methyl sites for hydroxylation is 2. The van der Waals surface area contributed by atoms with Gasteiger partial charge < -0.3 is 10.2 Å². The lowest BCUT2D eigenvalue weighted by atomic mass is 10.0. The molecule has 0 saturated heterocycles. The van der Waals surface area contributed by atoms with Crippen molar-refractivity contribution < 1.29 is 18.0 Å². The van der Waals surface area contributed by atoms with Crippen molar-refractivity contribution in [1.82, 2.24) is 10.2 Å². The quantitative estimate of drug-likeness (QED) is 0.311. The minimum atomic E-state index is -3.81. The first-order valence-corrected chi connectivity index (χ1v) is 15.5. The topological polar surface area (TPSA) is 86.8 Å². The van der Waals surface area contributed by atoms with Crippen LogP contribution in [0.4, 0.5) is 5.69 Å². The van der Waals surface area contributed by atoms with Gasteiger partial charge in [0.15, 0.2) is 0 Å². The predicted octanol–water partition coefficient (Wildman–Crippen LogP) is 5.00. The molecule has 0 aliphatic heterocycles. The van der Waals surface area contributed by atoms with Crippen LogP contribution in [0.1, 0.15) is 35.6 Å². The summed E-state index contributed by atoms with van der Waals surface area (Å²) in [5.41, 5.74) is 3.69. The van der Waals surface area contributed by atoms with E-state index in [1.165, 1.54) is 4.90 Å². The van der Waals surface area contributed by atoms with Crippen LogP contribution in [0.3, 0.4) is 0 Å². The highest BCUT2D eigenvalue weighted by atomic mass is 79.9. The molecule has 2 amide bonds. The number of amides is 2. The van der Waals surface area contributed by atoms with Gasteiger partial charge in [-0.3, -0.25) is 13.9 Å². The van der Waals surface area contributed by atoms with E-state index in [2.05, 4.69) is 21.2 Å². The number of hydrogen-bond donors (Lipinski definition) is 1. The predicted molar refractivity (Wildman–Crippen MR) is 160 cm³/mol. The molecule has 39 heavy (non-hydrogen) atoms. The highest BCUT2D eigenvalue weighted by Gasteiger charge is 2.33. The van der Waals surface area contributed by atoms with Crippen LogP contribution in [0.15, 0.2) is 77.3 Å². The largest absolute Gasteiger partial charge is 0.354 e. The maximum absolute atomic E-state index is 14.1. The van der Waals surface area contributed by atoms with E-state index in [1.54, 1.807) is 0 Å². The number of hydrogen-bond acceptors (Lipinski definition) is 4. The van der Waals surface area contributed by atoms with Crippen LogP contribution < -0.4 is 9.62 Å². The molecular formula is C30H36BrN3O4S. The van der Waals surface area contributed by atoms with Crippen LogP contribution in [-0.4, -0.2) is 50.5 Å². The molecule has 0 heterocycles. The van der Waals surface area contributed by atoms with E-state index in [0.717, 1.165) is 43.7 Å². The van der Waals surface area contributed by atoms with Crippen molar-refractivity contribution in [2.45, 2.75) is 46.2 Å². The summed E-state index contributed by atoms with van der Waals surface area (Å²) >= 11 is 3.44. The zero-order valence-electron chi connectivity index (χ0n) is 22.9. The van der Waals surface area contributed by atoms with Crippen LogP contribution in [0.5, 0.6) is 0 Å². The molecule has 0 fully saturated rings. The van der Waals surface area contributed by atoms with Crippen LogP contribution in [0.25, 0.3) is 0 Å². The maximum atomic E-state index is 14.1. The maximum Gasteiger partial charge on any atom is 0.244 e. The average molecular weight is 615 g/mol. The van der Waals surface area contributed by atoms with Gasteiger partial charge >= 0.3 is 0 Å². The fraction of sp³-hybridized carbons (Fsp3) is 0.333. The molecule has 1 N–H and O–H groups in total. The lowest BCUT2D eigenvalue weighted by Crippen LogP contribution is -2.53. The van der Waals surface area contributed by atoms with E-state index >= 15 is 0 Å².